The number of nitrogens with zero attached hydrogens (tertiary/aromatic N) is 1. The maximum Gasteiger partial charge on any atom is 0.205 e. The smallest absolute Gasteiger partial charge is 0.205 e. The number of rotatable bonds is 3. The van der Waals surface area contributed by atoms with E-state index in [0.717, 1.165) is 6.54 Å². The van der Waals surface area contributed by atoms with Crippen LogP contribution in [0.25, 0.3) is 0 Å². The second kappa shape index (κ2) is 6.58. The summed E-state index contributed by atoms with van der Waals surface area (Å²) in [5.41, 5.74) is 2.49. The summed E-state index contributed by atoms with van der Waals surface area (Å²) in [6.07, 6.45) is 0.0470. The Morgan fingerprint density at radius 2 is 2.43 bits per heavy atom. The van der Waals surface area contributed by atoms with Crippen LogP contribution in [-0.4, -0.2) is 45.0 Å². The van der Waals surface area contributed by atoms with Gasteiger partial charge in [-0.25, -0.2) is 10.8 Å². The van der Waals surface area contributed by atoms with Crippen LogP contribution in [0.2, 0.25) is 0 Å². The molecule has 82 valence electrons. The molecule has 0 aromatic rings. The molecule has 0 aromatic carbocycles. The third-order valence-electron chi connectivity index (χ3n) is 1.82. The molecule has 1 aliphatic rings. The van der Waals surface area contributed by atoms with Gasteiger partial charge in [-0.1, -0.05) is 0 Å². The number of nitrogens with two attached hydrogens (primary N) is 1. The zero-order valence-corrected chi connectivity index (χ0v) is 8.45. The summed E-state index contributed by atoms with van der Waals surface area (Å²) in [6, 6.07) is 0. The van der Waals surface area contributed by atoms with Crippen LogP contribution in [0.1, 0.15) is 6.92 Å². The first-order valence-electron chi connectivity index (χ1n) is 4.81. The molecule has 0 aliphatic carbocycles. The lowest BCUT2D eigenvalue weighted by molar-refractivity contribution is -0.0832. The predicted octanol–water partition coefficient (Wildman–Crippen LogP) is -1.17. The first-order valence-corrected chi connectivity index (χ1v) is 4.81. The topological polar surface area (TPSA) is 80.9 Å². The fourth-order valence-electron chi connectivity index (χ4n) is 1.16. The standard InChI is InChI=1S/C8H18N4O2/c1-2-10-8(12-9)11-5-7-6-13-3-4-14-7/h7H,2-6,9H2,1H3,(H2,10,11,12). The van der Waals surface area contributed by atoms with Crippen LogP contribution < -0.4 is 16.6 Å². The summed E-state index contributed by atoms with van der Waals surface area (Å²) in [7, 11) is 0. The Balaban J connectivity index is 2.26. The Bertz CT molecular complexity index is 180. The van der Waals surface area contributed by atoms with Crippen LogP contribution in [0, 0.1) is 0 Å². The molecule has 0 spiro atoms. The van der Waals surface area contributed by atoms with Gasteiger partial charge in [0.1, 0.15) is 6.10 Å². The van der Waals surface area contributed by atoms with Gasteiger partial charge in [0.05, 0.1) is 26.4 Å². The minimum atomic E-state index is 0.0470. The molecule has 6 heteroatoms. The molecule has 0 amide bonds. The van der Waals surface area contributed by atoms with Crippen molar-refractivity contribution in [2.24, 2.45) is 10.8 Å². The van der Waals surface area contributed by atoms with Crippen LogP contribution in [0.3, 0.4) is 0 Å². The van der Waals surface area contributed by atoms with Crippen LogP contribution in [0.5, 0.6) is 0 Å². The van der Waals surface area contributed by atoms with Gasteiger partial charge in [-0.05, 0) is 6.92 Å². The Hall–Kier alpha value is -0.850. The van der Waals surface area contributed by atoms with Gasteiger partial charge >= 0.3 is 0 Å². The molecule has 0 radical (unpaired) electrons. The van der Waals surface area contributed by atoms with Gasteiger partial charge in [-0.3, -0.25) is 5.43 Å². The molecule has 1 unspecified atom stereocenters. The van der Waals surface area contributed by atoms with E-state index in [1.807, 2.05) is 6.92 Å². The van der Waals surface area contributed by atoms with Crippen LogP contribution >= 0.6 is 0 Å². The lowest BCUT2D eigenvalue weighted by Gasteiger charge is -2.21. The summed E-state index contributed by atoms with van der Waals surface area (Å²) in [5.74, 6) is 5.84. The van der Waals surface area contributed by atoms with Gasteiger partial charge in [0.15, 0.2) is 0 Å². The van der Waals surface area contributed by atoms with E-state index in [1.54, 1.807) is 0 Å². The minimum absolute atomic E-state index is 0.0470. The highest BCUT2D eigenvalue weighted by molar-refractivity contribution is 5.79. The number of hydrogen-bond donors (Lipinski definition) is 3. The number of guanidine groups is 1. The van der Waals surface area contributed by atoms with Crippen molar-refractivity contribution in [3.8, 4) is 0 Å². The molecule has 0 aromatic heterocycles. The van der Waals surface area contributed by atoms with Crippen molar-refractivity contribution in [2.75, 3.05) is 32.9 Å². The Labute approximate surface area is 83.8 Å². The van der Waals surface area contributed by atoms with E-state index in [4.69, 9.17) is 15.3 Å². The largest absolute Gasteiger partial charge is 0.376 e. The molecule has 0 saturated carbocycles. The van der Waals surface area contributed by atoms with Gasteiger partial charge in [-0.2, -0.15) is 0 Å². The van der Waals surface area contributed by atoms with Gasteiger partial charge < -0.3 is 14.8 Å². The number of ether oxygens (including phenoxy) is 2. The highest BCUT2D eigenvalue weighted by Crippen LogP contribution is 2.00. The molecule has 1 atom stereocenters. The third-order valence-corrected chi connectivity index (χ3v) is 1.82. The van der Waals surface area contributed by atoms with Crippen LogP contribution in [-0.2, 0) is 9.47 Å². The van der Waals surface area contributed by atoms with E-state index in [2.05, 4.69) is 15.7 Å². The first kappa shape index (κ1) is 11.2. The van der Waals surface area contributed by atoms with Crippen molar-refractivity contribution in [1.29, 1.82) is 0 Å². The third kappa shape index (κ3) is 3.91. The zero-order valence-electron chi connectivity index (χ0n) is 8.45. The molecule has 1 rings (SSSR count). The summed E-state index contributed by atoms with van der Waals surface area (Å²) < 4.78 is 10.7. The van der Waals surface area contributed by atoms with Crippen molar-refractivity contribution in [3.05, 3.63) is 0 Å². The van der Waals surface area contributed by atoms with Crippen LogP contribution in [0.15, 0.2) is 4.99 Å². The molecule has 4 N–H and O–H groups in total. The van der Waals surface area contributed by atoms with Crippen molar-refractivity contribution < 1.29 is 9.47 Å². The molecular weight excluding hydrogens is 184 g/mol. The van der Waals surface area contributed by atoms with Crippen molar-refractivity contribution in [3.63, 3.8) is 0 Å². The highest BCUT2D eigenvalue weighted by atomic mass is 16.6. The molecule has 1 aliphatic heterocycles. The van der Waals surface area contributed by atoms with Gasteiger partial charge in [-0.15, -0.1) is 0 Å². The quantitative estimate of drug-likeness (QED) is 0.232. The van der Waals surface area contributed by atoms with Crippen molar-refractivity contribution >= 4 is 5.96 Å². The average Bonchev–Trinajstić information content (AvgIpc) is 2.25. The Morgan fingerprint density at radius 3 is 3.00 bits per heavy atom. The molecular formula is C8H18N4O2. The van der Waals surface area contributed by atoms with E-state index >= 15 is 0 Å². The van der Waals surface area contributed by atoms with Gasteiger partial charge in [0.2, 0.25) is 5.96 Å². The number of hydrazine groups is 1. The number of nitrogens with one attached hydrogen (secondary N) is 2. The van der Waals surface area contributed by atoms with E-state index in [0.29, 0.717) is 32.3 Å². The van der Waals surface area contributed by atoms with Crippen LogP contribution in [0.4, 0.5) is 0 Å². The highest BCUT2D eigenvalue weighted by Gasteiger charge is 2.13. The van der Waals surface area contributed by atoms with Crippen molar-refractivity contribution in [1.82, 2.24) is 10.7 Å². The molecule has 1 heterocycles. The summed E-state index contributed by atoms with van der Waals surface area (Å²) >= 11 is 0. The maximum atomic E-state index is 5.42. The Morgan fingerprint density at radius 1 is 1.57 bits per heavy atom. The molecule has 1 saturated heterocycles. The normalized spacial score (nSPS) is 23.3. The van der Waals surface area contributed by atoms with E-state index < -0.39 is 0 Å². The van der Waals surface area contributed by atoms with Gasteiger partial charge in [0, 0.05) is 6.54 Å². The predicted molar refractivity (Wildman–Crippen MR) is 53.9 cm³/mol. The molecule has 0 bridgehead atoms. The number of aliphatic imine (C=N–C) groups is 1. The molecule has 6 nitrogen and oxygen atoms in total. The van der Waals surface area contributed by atoms with E-state index in [1.165, 1.54) is 0 Å². The summed E-state index contributed by atoms with van der Waals surface area (Å²) in [6.45, 7) is 5.25. The monoisotopic (exact) mass is 202 g/mol. The molecule has 14 heavy (non-hydrogen) atoms. The average molecular weight is 202 g/mol. The second-order valence-electron chi connectivity index (χ2n) is 2.93. The summed E-state index contributed by atoms with van der Waals surface area (Å²) in [5, 5.41) is 2.99. The summed E-state index contributed by atoms with van der Waals surface area (Å²) in [4.78, 5) is 4.22. The SMILES string of the molecule is CCNC(=NCC1COCCO1)NN. The molecule has 1 fully saturated rings. The lowest BCUT2D eigenvalue weighted by Crippen LogP contribution is -2.42. The zero-order chi connectivity index (χ0) is 10.2. The van der Waals surface area contributed by atoms with E-state index in [-0.39, 0.29) is 6.10 Å². The Kier molecular flexibility index (Phi) is 5.28. The number of hydrogen-bond acceptors (Lipinski definition) is 4. The first-order chi connectivity index (χ1) is 6.86. The van der Waals surface area contributed by atoms with Gasteiger partial charge in [0.25, 0.3) is 0 Å². The fourth-order valence-corrected chi connectivity index (χ4v) is 1.16. The lowest BCUT2D eigenvalue weighted by atomic mass is 10.3. The van der Waals surface area contributed by atoms with E-state index in [9.17, 15) is 0 Å². The second-order valence-corrected chi connectivity index (χ2v) is 2.93. The minimum Gasteiger partial charge on any atom is -0.376 e. The van der Waals surface area contributed by atoms with Crippen molar-refractivity contribution in [2.45, 2.75) is 13.0 Å². The fraction of sp³-hybridized carbons (Fsp3) is 0.875. The maximum absolute atomic E-state index is 5.42.